The smallest absolute Gasteiger partial charge is 0.257 e. The number of carbonyl (C=O) groups excluding carboxylic acids is 1. The van der Waals surface area contributed by atoms with E-state index in [9.17, 15) is 4.79 Å². The number of amides is 1. The molecule has 16 heavy (non-hydrogen) atoms. The molecule has 0 unspecified atom stereocenters. The Morgan fingerprint density at radius 2 is 1.88 bits per heavy atom. The van der Waals surface area contributed by atoms with Crippen LogP contribution < -0.4 is 0 Å². The van der Waals surface area contributed by atoms with Crippen LogP contribution in [0.25, 0.3) is 0 Å². The molecule has 0 aromatic carbocycles. The summed E-state index contributed by atoms with van der Waals surface area (Å²) in [7, 11) is 0. The van der Waals surface area contributed by atoms with Crippen molar-refractivity contribution in [2.45, 2.75) is 19.3 Å². The summed E-state index contributed by atoms with van der Waals surface area (Å²) < 4.78 is 0. The highest BCUT2D eigenvalue weighted by molar-refractivity contribution is 6.34. The van der Waals surface area contributed by atoms with Crippen molar-refractivity contribution in [2.24, 2.45) is 0 Å². The molecule has 0 saturated carbocycles. The maximum atomic E-state index is 12.1. The molecular formula is C10H11Cl2N3O. The third kappa shape index (κ3) is 2.44. The third-order valence-corrected chi connectivity index (χ3v) is 3.06. The molecule has 1 amide bonds. The molecular weight excluding hydrogens is 249 g/mol. The number of piperidine rings is 1. The molecule has 0 atom stereocenters. The van der Waals surface area contributed by atoms with Gasteiger partial charge in [-0.1, -0.05) is 23.2 Å². The van der Waals surface area contributed by atoms with Crippen LogP contribution in [-0.2, 0) is 0 Å². The van der Waals surface area contributed by atoms with E-state index in [0.29, 0.717) is 5.56 Å². The van der Waals surface area contributed by atoms with Crippen LogP contribution in [0, 0.1) is 0 Å². The van der Waals surface area contributed by atoms with Gasteiger partial charge in [-0.25, -0.2) is 0 Å². The molecule has 1 saturated heterocycles. The topological polar surface area (TPSA) is 46.1 Å². The van der Waals surface area contributed by atoms with Gasteiger partial charge in [0, 0.05) is 13.1 Å². The second-order valence-electron chi connectivity index (χ2n) is 3.72. The Morgan fingerprint density at radius 1 is 1.19 bits per heavy atom. The second-order valence-corrected chi connectivity index (χ2v) is 4.47. The molecule has 2 heterocycles. The average Bonchev–Trinajstić information content (AvgIpc) is 2.32. The van der Waals surface area contributed by atoms with Crippen molar-refractivity contribution in [3.8, 4) is 0 Å². The lowest BCUT2D eigenvalue weighted by Gasteiger charge is -2.26. The summed E-state index contributed by atoms with van der Waals surface area (Å²) >= 11 is 11.5. The highest BCUT2D eigenvalue weighted by atomic mass is 35.5. The molecule has 0 aliphatic carbocycles. The Morgan fingerprint density at radius 3 is 2.56 bits per heavy atom. The van der Waals surface area contributed by atoms with Gasteiger partial charge in [0.15, 0.2) is 10.3 Å². The predicted octanol–water partition coefficient (Wildman–Crippen LogP) is 2.41. The molecule has 0 spiro atoms. The van der Waals surface area contributed by atoms with Crippen LogP contribution in [0.1, 0.15) is 29.6 Å². The van der Waals surface area contributed by atoms with Crippen LogP contribution >= 0.6 is 23.2 Å². The number of halogens is 2. The first-order valence-corrected chi connectivity index (χ1v) is 5.92. The standard InChI is InChI=1S/C10H11Cl2N3O/c11-8-6-7(9(12)14-13-8)10(16)15-4-2-1-3-5-15/h6H,1-5H2. The van der Waals surface area contributed by atoms with E-state index >= 15 is 0 Å². The number of hydrogen-bond acceptors (Lipinski definition) is 3. The SMILES string of the molecule is O=C(c1cc(Cl)nnc1Cl)N1CCCCC1. The van der Waals surface area contributed by atoms with Crippen molar-refractivity contribution in [3.63, 3.8) is 0 Å². The van der Waals surface area contributed by atoms with Crippen LogP contribution in [0.4, 0.5) is 0 Å². The number of aromatic nitrogens is 2. The van der Waals surface area contributed by atoms with Crippen molar-refractivity contribution >= 4 is 29.1 Å². The van der Waals surface area contributed by atoms with Gasteiger partial charge in [-0.2, -0.15) is 0 Å². The molecule has 0 radical (unpaired) electrons. The zero-order valence-electron chi connectivity index (χ0n) is 8.62. The average molecular weight is 260 g/mol. The lowest BCUT2D eigenvalue weighted by Crippen LogP contribution is -2.35. The lowest BCUT2D eigenvalue weighted by atomic mass is 10.1. The van der Waals surface area contributed by atoms with Gasteiger partial charge in [0.05, 0.1) is 5.56 Å². The third-order valence-electron chi connectivity index (χ3n) is 2.59. The van der Waals surface area contributed by atoms with E-state index in [-0.39, 0.29) is 16.2 Å². The fourth-order valence-electron chi connectivity index (χ4n) is 1.77. The van der Waals surface area contributed by atoms with Gasteiger partial charge in [-0.05, 0) is 25.3 Å². The van der Waals surface area contributed by atoms with E-state index in [4.69, 9.17) is 23.2 Å². The Labute approximate surface area is 104 Å². The molecule has 1 aliphatic rings. The summed E-state index contributed by atoms with van der Waals surface area (Å²) in [5, 5.41) is 7.51. The van der Waals surface area contributed by atoms with Gasteiger partial charge in [0.2, 0.25) is 0 Å². The molecule has 1 aliphatic heterocycles. The van der Waals surface area contributed by atoms with Gasteiger partial charge < -0.3 is 4.90 Å². The van der Waals surface area contributed by atoms with Gasteiger partial charge >= 0.3 is 0 Å². The number of nitrogens with zero attached hydrogens (tertiary/aromatic N) is 3. The van der Waals surface area contributed by atoms with E-state index in [1.54, 1.807) is 4.90 Å². The van der Waals surface area contributed by atoms with Gasteiger partial charge in [-0.3, -0.25) is 4.79 Å². The van der Waals surface area contributed by atoms with Crippen molar-refractivity contribution in [1.82, 2.24) is 15.1 Å². The van der Waals surface area contributed by atoms with Crippen molar-refractivity contribution in [1.29, 1.82) is 0 Å². The second kappa shape index (κ2) is 4.97. The zero-order chi connectivity index (χ0) is 11.5. The summed E-state index contributed by atoms with van der Waals surface area (Å²) in [6.07, 6.45) is 3.25. The fourth-order valence-corrected chi connectivity index (χ4v) is 2.09. The van der Waals surface area contributed by atoms with Crippen LogP contribution in [0.3, 0.4) is 0 Å². The summed E-state index contributed by atoms with van der Waals surface area (Å²) in [4.78, 5) is 13.9. The number of rotatable bonds is 1. The number of likely N-dealkylation sites (tertiary alicyclic amines) is 1. The van der Waals surface area contributed by atoms with Gasteiger partial charge in [0.1, 0.15) is 0 Å². The first-order chi connectivity index (χ1) is 7.68. The Balaban J connectivity index is 2.22. The zero-order valence-corrected chi connectivity index (χ0v) is 10.1. The Bertz CT molecular complexity index is 405. The molecule has 4 nitrogen and oxygen atoms in total. The van der Waals surface area contributed by atoms with E-state index < -0.39 is 0 Å². The van der Waals surface area contributed by atoms with E-state index in [2.05, 4.69) is 10.2 Å². The minimum atomic E-state index is -0.110. The molecule has 1 aromatic rings. The Hall–Kier alpha value is -0.870. The normalized spacial score (nSPS) is 16.2. The number of hydrogen-bond donors (Lipinski definition) is 0. The minimum Gasteiger partial charge on any atom is -0.339 e. The van der Waals surface area contributed by atoms with Crippen molar-refractivity contribution < 1.29 is 4.79 Å². The summed E-state index contributed by atoms with van der Waals surface area (Å²) in [5.74, 6) is -0.110. The van der Waals surface area contributed by atoms with Crippen LogP contribution in [0.15, 0.2) is 6.07 Å². The van der Waals surface area contributed by atoms with E-state index in [0.717, 1.165) is 25.9 Å². The molecule has 6 heteroatoms. The van der Waals surface area contributed by atoms with E-state index in [1.807, 2.05) is 0 Å². The van der Waals surface area contributed by atoms with E-state index in [1.165, 1.54) is 12.5 Å². The molecule has 2 rings (SSSR count). The first kappa shape index (κ1) is 11.6. The quantitative estimate of drug-likeness (QED) is 0.778. The Kier molecular flexibility index (Phi) is 3.61. The molecule has 1 aromatic heterocycles. The monoisotopic (exact) mass is 259 g/mol. The maximum Gasteiger partial charge on any atom is 0.257 e. The maximum absolute atomic E-state index is 12.1. The van der Waals surface area contributed by atoms with Crippen LogP contribution in [-0.4, -0.2) is 34.1 Å². The number of carbonyl (C=O) groups is 1. The van der Waals surface area contributed by atoms with Crippen molar-refractivity contribution in [3.05, 3.63) is 21.9 Å². The highest BCUT2D eigenvalue weighted by Gasteiger charge is 2.21. The largest absolute Gasteiger partial charge is 0.339 e. The fraction of sp³-hybridized carbons (Fsp3) is 0.500. The lowest BCUT2D eigenvalue weighted by molar-refractivity contribution is 0.0724. The molecule has 0 bridgehead atoms. The summed E-state index contributed by atoms with van der Waals surface area (Å²) in [6, 6.07) is 1.47. The minimum absolute atomic E-state index is 0.110. The predicted molar refractivity (Wildman–Crippen MR) is 61.8 cm³/mol. The molecule has 86 valence electrons. The van der Waals surface area contributed by atoms with Crippen LogP contribution in [0.5, 0.6) is 0 Å². The first-order valence-electron chi connectivity index (χ1n) is 5.16. The summed E-state index contributed by atoms with van der Waals surface area (Å²) in [5.41, 5.74) is 0.337. The summed E-state index contributed by atoms with van der Waals surface area (Å²) in [6.45, 7) is 1.55. The van der Waals surface area contributed by atoms with Crippen LogP contribution in [0.2, 0.25) is 10.3 Å². The molecule has 1 fully saturated rings. The van der Waals surface area contributed by atoms with Gasteiger partial charge in [0.25, 0.3) is 5.91 Å². The highest BCUT2D eigenvalue weighted by Crippen LogP contribution is 2.19. The van der Waals surface area contributed by atoms with Crippen molar-refractivity contribution in [2.75, 3.05) is 13.1 Å². The van der Waals surface area contributed by atoms with Gasteiger partial charge in [-0.15, -0.1) is 10.2 Å². The molecule has 0 N–H and O–H groups in total.